The van der Waals surface area contributed by atoms with Crippen LogP contribution in [0.25, 0.3) is 0 Å². The van der Waals surface area contributed by atoms with E-state index in [1.54, 1.807) is 0 Å². The van der Waals surface area contributed by atoms with Crippen LogP contribution in [0.1, 0.15) is 89.2 Å². The topological polar surface area (TPSA) is 82.3 Å². The van der Waals surface area contributed by atoms with Gasteiger partial charge in [0.1, 0.15) is 0 Å². The van der Waals surface area contributed by atoms with Crippen LogP contribution in [0.5, 0.6) is 0 Å². The second-order valence-electron chi connectivity index (χ2n) is 10.4. The van der Waals surface area contributed by atoms with Crippen molar-refractivity contribution >= 4 is 23.4 Å². The number of nitrogens with one attached hydrogen (secondary N) is 4. The number of hydrogen-bond acceptors (Lipinski definition) is 2. The first kappa shape index (κ1) is 27.6. The van der Waals surface area contributed by atoms with Gasteiger partial charge in [-0.15, -0.1) is 0 Å². The van der Waals surface area contributed by atoms with Crippen LogP contribution in [0.2, 0.25) is 0 Å². The molecular weight excluding hydrogens is 448 g/mol. The predicted octanol–water partition coefficient (Wildman–Crippen LogP) is 7.46. The Labute approximate surface area is 217 Å². The highest BCUT2D eigenvalue weighted by Crippen LogP contribution is 2.28. The van der Waals surface area contributed by atoms with Crippen molar-refractivity contribution in [1.82, 2.24) is 10.6 Å². The minimum absolute atomic E-state index is 0.162. The van der Waals surface area contributed by atoms with Crippen LogP contribution < -0.4 is 21.3 Å². The van der Waals surface area contributed by atoms with Gasteiger partial charge in [-0.1, -0.05) is 58.4 Å². The van der Waals surface area contributed by atoms with E-state index in [-0.39, 0.29) is 12.1 Å². The zero-order valence-electron chi connectivity index (χ0n) is 22.4. The standard InChI is InChI=1S/C30H44N4O2/c1-5-21(3)25-10-14-27(15-11-25)33-29(35)31-19-23-8-7-9-24(18-23)20-32-30(36)34-28-16-12-26(13-17-28)22(4)6-2/h10-17,21-24H,5-9,18-20H2,1-4H3,(H2,31,33,35)(H2,32,34,36). The molecular formula is C30H44N4O2. The van der Waals surface area contributed by atoms with E-state index in [1.807, 2.05) is 24.3 Å². The normalized spacial score (nSPS) is 19.1. The lowest BCUT2D eigenvalue weighted by Crippen LogP contribution is -2.38. The molecule has 4 amide bonds. The van der Waals surface area contributed by atoms with Gasteiger partial charge in [-0.3, -0.25) is 0 Å². The smallest absolute Gasteiger partial charge is 0.319 e. The Hall–Kier alpha value is -3.02. The zero-order valence-corrected chi connectivity index (χ0v) is 22.4. The first-order valence-electron chi connectivity index (χ1n) is 13.7. The maximum Gasteiger partial charge on any atom is 0.319 e. The number of rotatable bonds is 10. The van der Waals surface area contributed by atoms with Crippen molar-refractivity contribution in [2.75, 3.05) is 23.7 Å². The molecule has 0 aromatic heterocycles. The van der Waals surface area contributed by atoms with E-state index in [1.165, 1.54) is 11.1 Å². The number of carbonyl (C=O) groups is 2. The summed E-state index contributed by atoms with van der Waals surface area (Å²) < 4.78 is 0. The van der Waals surface area contributed by atoms with Crippen molar-refractivity contribution in [3.8, 4) is 0 Å². The molecule has 0 heterocycles. The first-order valence-corrected chi connectivity index (χ1v) is 13.7. The summed E-state index contributed by atoms with van der Waals surface area (Å²) in [4.78, 5) is 24.8. The van der Waals surface area contributed by atoms with Crippen LogP contribution in [0.15, 0.2) is 48.5 Å². The molecule has 6 heteroatoms. The van der Waals surface area contributed by atoms with Gasteiger partial charge in [0, 0.05) is 24.5 Å². The van der Waals surface area contributed by atoms with Gasteiger partial charge in [0.2, 0.25) is 0 Å². The average Bonchev–Trinajstić information content (AvgIpc) is 2.91. The quantitative estimate of drug-likeness (QED) is 0.277. The molecule has 4 atom stereocenters. The van der Waals surface area contributed by atoms with Crippen LogP contribution in [-0.4, -0.2) is 25.2 Å². The molecule has 2 aromatic carbocycles. The SMILES string of the molecule is CCC(C)c1ccc(NC(=O)NCC2CCCC(CNC(=O)Nc3ccc(C(C)CC)cc3)C2)cc1. The Bertz CT molecular complexity index is 880. The van der Waals surface area contributed by atoms with Crippen molar-refractivity contribution in [3.05, 3.63) is 59.7 Å². The Kier molecular flexibility index (Phi) is 10.6. The van der Waals surface area contributed by atoms with Crippen molar-refractivity contribution in [2.45, 2.75) is 78.1 Å². The van der Waals surface area contributed by atoms with Crippen LogP contribution in [0, 0.1) is 11.8 Å². The molecule has 196 valence electrons. The molecule has 0 aliphatic heterocycles. The Morgan fingerprint density at radius 3 is 1.47 bits per heavy atom. The Balaban J connectivity index is 1.36. The zero-order chi connectivity index (χ0) is 25.9. The monoisotopic (exact) mass is 492 g/mol. The first-order chi connectivity index (χ1) is 17.4. The number of urea groups is 2. The van der Waals surface area contributed by atoms with Gasteiger partial charge in [-0.2, -0.15) is 0 Å². The third-order valence-corrected chi connectivity index (χ3v) is 7.69. The van der Waals surface area contributed by atoms with Crippen LogP contribution in [-0.2, 0) is 0 Å². The van der Waals surface area contributed by atoms with Crippen molar-refractivity contribution in [3.63, 3.8) is 0 Å². The van der Waals surface area contributed by atoms with E-state index in [0.717, 1.165) is 49.9 Å². The fourth-order valence-electron chi connectivity index (χ4n) is 4.86. The van der Waals surface area contributed by atoms with Crippen molar-refractivity contribution < 1.29 is 9.59 Å². The Morgan fingerprint density at radius 2 is 1.11 bits per heavy atom. The van der Waals surface area contributed by atoms with Gasteiger partial charge in [-0.25, -0.2) is 9.59 Å². The lowest BCUT2D eigenvalue weighted by molar-refractivity contribution is 0.230. The molecule has 4 N–H and O–H groups in total. The molecule has 1 fully saturated rings. The molecule has 0 radical (unpaired) electrons. The van der Waals surface area contributed by atoms with Crippen LogP contribution >= 0.6 is 0 Å². The maximum absolute atomic E-state index is 12.4. The highest BCUT2D eigenvalue weighted by molar-refractivity contribution is 5.89. The summed E-state index contributed by atoms with van der Waals surface area (Å²) in [6.07, 6.45) is 6.54. The molecule has 1 aliphatic rings. The molecule has 2 aromatic rings. The summed E-state index contributed by atoms with van der Waals surface area (Å²) >= 11 is 0. The Morgan fingerprint density at radius 1 is 0.722 bits per heavy atom. The summed E-state index contributed by atoms with van der Waals surface area (Å²) in [5.41, 5.74) is 4.20. The summed E-state index contributed by atoms with van der Waals surface area (Å²) in [6.45, 7) is 10.1. The summed E-state index contributed by atoms with van der Waals surface area (Å²) in [6, 6.07) is 15.9. The largest absolute Gasteiger partial charge is 0.338 e. The van der Waals surface area contributed by atoms with Gasteiger partial charge in [0.25, 0.3) is 0 Å². The van der Waals surface area contributed by atoms with Gasteiger partial charge in [0.15, 0.2) is 0 Å². The van der Waals surface area contributed by atoms with E-state index in [9.17, 15) is 9.59 Å². The van der Waals surface area contributed by atoms with E-state index in [4.69, 9.17) is 0 Å². The fraction of sp³-hybridized carbons (Fsp3) is 0.533. The summed E-state index contributed by atoms with van der Waals surface area (Å²) in [5, 5.41) is 11.9. The third kappa shape index (κ3) is 8.58. The average molecular weight is 493 g/mol. The molecule has 1 aliphatic carbocycles. The van der Waals surface area contributed by atoms with Crippen molar-refractivity contribution in [1.29, 1.82) is 0 Å². The van der Waals surface area contributed by atoms with Crippen LogP contribution in [0.3, 0.4) is 0 Å². The highest BCUT2D eigenvalue weighted by Gasteiger charge is 2.23. The number of hydrogen-bond donors (Lipinski definition) is 4. The van der Waals surface area contributed by atoms with Gasteiger partial charge in [-0.05, 0) is 91.2 Å². The molecule has 0 saturated heterocycles. The van der Waals surface area contributed by atoms with Gasteiger partial charge in [0.05, 0.1) is 0 Å². The third-order valence-electron chi connectivity index (χ3n) is 7.69. The predicted molar refractivity (Wildman–Crippen MR) is 150 cm³/mol. The second kappa shape index (κ2) is 13.9. The summed E-state index contributed by atoms with van der Waals surface area (Å²) in [5.74, 6) is 1.91. The van der Waals surface area contributed by atoms with E-state index >= 15 is 0 Å². The molecule has 6 nitrogen and oxygen atoms in total. The minimum atomic E-state index is -0.162. The number of carbonyl (C=O) groups excluding carboxylic acids is 2. The maximum atomic E-state index is 12.4. The van der Waals surface area contributed by atoms with Crippen LogP contribution in [0.4, 0.5) is 21.0 Å². The van der Waals surface area contributed by atoms with E-state index in [0.29, 0.717) is 36.8 Å². The molecule has 0 spiro atoms. The van der Waals surface area contributed by atoms with Gasteiger partial charge >= 0.3 is 12.1 Å². The lowest BCUT2D eigenvalue weighted by atomic mass is 9.81. The number of anilines is 2. The minimum Gasteiger partial charge on any atom is -0.338 e. The molecule has 3 rings (SSSR count). The molecule has 1 saturated carbocycles. The summed E-state index contributed by atoms with van der Waals surface area (Å²) in [7, 11) is 0. The number of amides is 4. The molecule has 4 unspecified atom stereocenters. The molecule has 36 heavy (non-hydrogen) atoms. The second-order valence-corrected chi connectivity index (χ2v) is 10.4. The number of benzene rings is 2. The van der Waals surface area contributed by atoms with E-state index < -0.39 is 0 Å². The lowest BCUT2D eigenvalue weighted by Gasteiger charge is -2.29. The highest BCUT2D eigenvalue weighted by atomic mass is 16.2. The van der Waals surface area contributed by atoms with E-state index in [2.05, 4.69) is 73.2 Å². The molecule has 0 bridgehead atoms. The van der Waals surface area contributed by atoms with Crippen molar-refractivity contribution in [2.24, 2.45) is 11.8 Å². The van der Waals surface area contributed by atoms with Gasteiger partial charge < -0.3 is 21.3 Å². The fourth-order valence-corrected chi connectivity index (χ4v) is 4.86.